The molecule has 0 aromatic rings. The fourth-order valence-corrected chi connectivity index (χ4v) is 12.4. The van der Waals surface area contributed by atoms with Crippen LogP contribution >= 0.6 is 15.6 Å². The van der Waals surface area contributed by atoms with Gasteiger partial charge in [-0.05, 0) is 69.1 Å². The fraction of sp³-hybridized carbons (Fsp3) is 0.893. The van der Waals surface area contributed by atoms with Crippen LogP contribution in [-0.4, -0.2) is 96.7 Å². The fourth-order valence-electron chi connectivity index (χ4n) is 10.8. The third-order valence-corrected chi connectivity index (χ3v) is 19.4. The molecule has 0 aromatic carbocycles. The molecule has 0 rings (SSSR count). The maximum absolute atomic E-state index is 13.1. The van der Waals surface area contributed by atoms with Crippen LogP contribution in [0.15, 0.2) is 24.3 Å². The average Bonchev–Trinajstić information content (AvgIpc) is 1.65. The van der Waals surface area contributed by atoms with E-state index in [-0.39, 0.29) is 25.7 Å². The number of allylic oxidation sites excluding steroid dienone is 4. The minimum absolute atomic E-state index is 0.0838. The molecule has 94 heavy (non-hydrogen) atoms. The Labute approximate surface area is 573 Å². The van der Waals surface area contributed by atoms with E-state index >= 15 is 0 Å². The normalized spacial score (nSPS) is 14.8. The molecule has 554 valence electrons. The molecule has 4 unspecified atom stereocenters. The molecule has 19 heteroatoms. The average molecular weight is 1380 g/mol. The quantitative estimate of drug-likeness (QED) is 0.0169. The van der Waals surface area contributed by atoms with E-state index in [1.54, 1.807) is 0 Å². The Morgan fingerprint density at radius 2 is 0.628 bits per heavy atom. The number of ether oxygens (including phenoxy) is 4. The number of carbonyl (C=O) groups is 4. The van der Waals surface area contributed by atoms with Crippen LogP contribution in [0.3, 0.4) is 0 Å². The van der Waals surface area contributed by atoms with Crippen molar-refractivity contribution < 1.29 is 80.2 Å². The summed E-state index contributed by atoms with van der Waals surface area (Å²) in [5, 5.41) is 10.6. The number of aliphatic hydroxyl groups excluding tert-OH is 1. The SMILES string of the molecule is CCCCCC/C=C\C=C/CCCCCCCC(=O)O[C@H](COC(=O)CCCCCCCCC(C)CC)COP(=O)(O)OC[C@H](O)COP(=O)(O)OC[C@@H](COC(=O)CCCCCCCCCCCCC(C)CC)OC(=O)CCCCCCCCCCCCCCC(C)C. The monoisotopic (exact) mass is 1380 g/mol. The van der Waals surface area contributed by atoms with Crippen molar-refractivity contribution in [3.8, 4) is 0 Å². The van der Waals surface area contributed by atoms with Crippen molar-refractivity contribution in [2.75, 3.05) is 39.6 Å². The number of esters is 4. The van der Waals surface area contributed by atoms with Crippen LogP contribution < -0.4 is 0 Å². The van der Waals surface area contributed by atoms with Crippen LogP contribution in [0.5, 0.6) is 0 Å². The number of unbranched alkanes of at least 4 members (excludes halogenated alkanes) is 34. The molecule has 0 saturated heterocycles. The second-order valence-corrected chi connectivity index (χ2v) is 30.2. The molecule has 0 fully saturated rings. The van der Waals surface area contributed by atoms with E-state index in [1.807, 2.05) is 0 Å². The van der Waals surface area contributed by atoms with Gasteiger partial charge in [-0.1, -0.05) is 304 Å². The Hall–Kier alpha value is -2.46. The molecule has 0 amide bonds. The van der Waals surface area contributed by atoms with Gasteiger partial charge in [0.05, 0.1) is 26.4 Å². The number of carbonyl (C=O) groups excluding carboxylic acids is 4. The number of hydrogen-bond donors (Lipinski definition) is 3. The lowest BCUT2D eigenvalue weighted by Crippen LogP contribution is -2.30. The largest absolute Gasteiger partial charge is 0.472 e. The third kappa shape index (κ3) is 65.5. The van der Waals surface area contributed by atoms with E-state index < -0.39 is 97.5 Å². The minimum Gasteiger partial charge on any atom is -0.462 e. The van der Waals surface area contributed by atoms with Crippen LogP contribution in [0.4, 0.5) is 0 Å². The topological polar surface area (TPSA) is 237 Å². The first-order valence-electron chi connectivity index (χ1n) is 38.2. The van der Waals surface area contributed by atoms with Crippen molar-refractivity contribution >= 4 is 39.5 Å². The summed E-state index contributed by atoms with van der Waals surface area (Å²) in [5.74, 6) is 0.160. The lowest BCUT2D eigenvalue weighted by Gasteiger charge is -2.21. The third-order valence-electron chi connectivity index (χ3n) is 17.5. The van der Waals surface area contributed by atoms with Crippen LogP contribution in [0.25, 0.3) is 0 Å². The van der Waals surface area contributed by atoms with E-state index in [0.717, 1.165) is 127 Å². The molecule has 3 N–H and O–H groups in total. The molecule has 7 atom stereocenters. The zero-order valence-electron chi connectivity index (χ0n) is 60.9. The van der Waals surface area contributed by atoms with Crippen LogP contribution in [0.2, 0.25) is 0 Å². The Bertz CT molecular complexity index is 1930. The Kier molecular flexibility index (Phi) is 63.5. The molecular formula is C75H142O17P2. The second kappa shape index (κ2) is 65.2. The smallest absolute Gasteiger partial charge is 0.462 e. The van der Waals surface area contributed by atoms with Gasteiger partial charge in [0.25, 0.3) is 0 Å². The lowest BCUT2D eigenvalue weighted by molar-refractivity contribution is -0.161. The van der Waals surface area contributed by atoms with Crippen LogP contribution in [0.1, 0.15) is 357 Å². The van der Waals surface area contributed by atoms with Gasteiger partial charge in [0.15, 0.2) is 12.2 Å². The van der Waals surface area contributed by atoms with Gasteiger partial charge in [-0.15, -0.1) is 0 Å². The maximum Gasteiger partial charge on any atom is 0.472 e. The standard InChI is InChI=1S/C75H142O17P2/c1-8-11-12-13-14-15-16-17-18-19-23-30-35-44-51-58-75(80)92-71(63-86-73(78)57-50-43-38-37-41-48-55-68(7)10-3)65-90-94(83,84)88-61-69(76)60-87-93(81,82)89-64-70(62-85-72(77)56-49-42-34-29-26-25-28-33-40-47-54-67(6)9-2)91-74(79)59-52-45-36-31-24-21-20-22-27-32-39-46-53-66(4)5/h15-18,66-71,76H,8-14,19-65H2,1-7H3,(H,81,82)(H,83,84)/b16-15-,18-17-/t67?,68?,69-,70-,71-/m1/s1. The predicted octanol–water partition coefficient (Wildman–Crippen LogP) is 21.3. The maximum atomic E-state index is 13.1. The first-order chi connectivity index (χ1) is 45.3. The summed E-state index contributed by atoms with van der Waals surface area (Å²) in [6.07, 6.45) is 53.4. The summed E-state index contributed by atoms with van der Waals surface area (Å²) in [7, 11) is -9.92. The summed E-state index contributed by atoms with van der Waals surface area (Å²) in [4.78, 5) is 72.8. The van der Waals surface area contributed by atoms with Crippen molar-refractivity contribution in [1.82, 2.24) is 0 Å². The lowest BCUT2D eigenvalue weighted by atomic mass is 9.99. The minimum atomic E-state index is -4.96. The highest BCUT2D eigenvalue weighted by atomic mass is 31.2. The van der Waals surface area contributed by atoms with Gasteiger partial charge in [0.1, 0.15) is 19.3 Å². The summed E-state index contributed by atoms with van der Waals surface area (Å²) in [5.41, 5.74) is 0. The molecule has 0 aliphatic rings. The van der Waals surface area contributed by atoms with Gasteiger partial charge in [-0.3, -0.25) is 37.3 Å². The molecule has 0 aliphatic carbocycles. The van der Waals surface area contributed by atoms with E-state index in [0.29, 0.717) is 25.7 Å². The van der Waals surface area contributed by atoms with Gasteiger partial charge in [0.2, 0.25) is 0 Å². The number of aliphatic hydroxyl groups is 1. The van der Waals surface area contributed by atoms with Gasteiger partial charge in [-0.25, -0.2) is 9.13 Å². The Balaban J connectivity index is 5.30. The number of phosphoric ester groups is 2. The molecule has 0 aromatic heterocycles. The molecule has 0 bridgehead atoms. The van der Waals surface area contributed by atoms with Gasteiger partial charge in [-0.2, -0.15) is 0 Å². The molecule has 0 aliphatic heterocycles. The van der Waals surface area contributed by atoms with E-state index in [1.165, 1.54) is 148 Å². The molecule has 17 nitrogen and oxygen atoms in total. The van der Waals surface area contributed by atoms with Crippen LogP contribution in [0, 0.1) is 17.8 Å². The molecule has 0 heterocycles. The summed E-state index contributed by atoms with van der Waals surface area (Å²) >= 11 is 0. The van der Waals surface area contributed by atoms with E-state index in [4.69, 9.17) is 37.0 Å². The highest BCUT2D eigenvalue weighted by molar-refractivity contribution is 7.47. The first-order valence-corrected chi connectivity index (χ1v) is 41.2. The zero-order chi connectivity index (χ0) is 69.4. The molecule has 0 spiro atoms. The Morgan fingerprint density at radius 3 is 0.947 bits per heavy atom. The van der Waals surface area contributed by atoms with Crippen molar-refractivity contribution in [2.24, 2.45) is 17.8 Å². The van der Waals surface area contributed by atoms with Crippen molar-refractivity contribution in [2.45, 2.75) is 375 Å². The number of phosphoric acid groups is 2. The highest BCUT2D eigenvalue weighted by Crippen LogP contribution is 2.45. The summed E-state index contributed by atoms with van der Waals surface area (Å²) < 4.78 is 68.4. The van der Waals surface area contributed by atoms with E-state index in [2.05, 4.69) is 72.8 Å². The second-order valence-electron chi connectivity index (χ2n) is 27.3. The Morgan fingerprint density at radius 1 is 0.351 bits per heavy atom. The zero-order valence-corrected chi connectivity index (χ0v) is 62.7. The molecule has 0 saturated carbocycles. The molecular weight excluding hydrogens is 1230 g/mol. The first kappa shape index (κ1) is 91.5. The van der Waals surface area contributed by atoms with Crippen molar-refractivity contribution in [1.29, 1.82) is 0 Å². The van der Waals surface area contributed by atoms with Gasteiger partial charge >= 0.3 is 39.5 Å². The predicted molar refractivity (Wildman–Crippen MR) is 381 cm³/mol. The molecule has 0 radical (unpaired) electrons. The van der Waals surface area contributed by atoms with Gasteiger partial charge < -0.3 is 33.8 Å². The summed E-state index contributed by atoms with van der Waals surface area (Å²) in [6, 6.07) is 0. The van der Waals surface area contributed by atoms with Gasteiger partial charge in [0, 0.05) is 25.7 Å². The number of hydrogen-bond acceptors (Lipinski definition) is 15. The highest BCUT2D eigenvalue weighted by Gasteiger charge is 2.30. The van der Waals surface area contributed by atoms with E-state index in [9.17, 15) is 43.2 Å². The summed E-state index contributed by atoms with van der Waals surface area (Å²) in [6.45, 7) is 11.8. The van der Waals surface area contributed by atoms with Crippen molar-refractivity contribution in [3.05, 3.63) is 24.3 Å². The van der Waals surface area contributed by atoms with Crippen molar-refractivity contribution in [3.63, 3.8) is 0 Å². The van der Waals surface area contributed by atoms with Crippen LogP contribution in [-0.2, 0) is 65.4 Å². The number of rotatable bonds is 71.